The second-order valence-corrected chi connectivity index (χ2v) is 7.16. The molecule has 1 fully saturated rings. The number of carbonyl (C=O) groups is 1. The molecule has 0 saturated carbocycles. The summed E-state index contributed by atoms with van der Waals surface area (Å²) in [5.74, 6) is 0.00139. The maximum Gasteiger partial charge on any atom is 0.241 e. The van der Waals surface area contributed by atoms with Crippen molar-refractivity contribution in [2.24, 2.45) is 0 Å². The Morgan fingerprint density at radius 3 is 2.62 bits per heavy atom. The number of likely N-dealkylation sites (tertiary alicyclic amines) is 1. The van der Waals surface area contributed by atoms with Crippen molar-refractivity contribution in [1.29, 1.82) is 0 Å². The van der Waals surface area contributed by atoms with Gasteiger partial charge in [0.25, 0.3) is 0 Å². The van der Waals surface area contributed by atoms with Crippen LogP contribution in [0.5, 0.6) is 0 Å². The van der Waals surface area contributed by atoms with Crippen LogP contribution < -0.4 is 5.32 Å². The molecule has 2 aromatic rings. The van der Waals surface area contributed by atoms with Gasteiger partial charge in [-0.3, -0.25) is 19.4 Å². The van der Waals surface area contributed by atoms with Crippen molar-refractivity contribution in [3.63, 3.8) is 0 Å². The van der Waals surface area contributed by atoms with Gasteiger partial charge in [0.1, 0.15) is 6.54 Å². The van der Waals surface area contributed by atoms with Crippen LogP contribution in [0.15, 0.2) is 24.5 Å². The molecule has 1 amide bonds. The number of nitrogens with zero attached hydrogens (tertiary/aromatic N) is 4. The van der Waals surface area contributed by atoms with Crippen molar-refractivity contribution in [2.45, 2.75) is 52.6 Å². The van der Waals surface area contributed by atoms with Crippen molar-refractivity contribution in [2.75, 3.05) is 19.6 Å². The maximum absolute atomic E-state index is 12.5. The van der Waals surface area contributed by atoms with Crippen molar-refractivity contribution in [3.05, 3.63) is 47.0 Å². The van der Waals surface area contributed by atoms with E-state index in [4.69, 9.17) is 0 Å². The number of aryl methyl sites for hydroxylation is 1. The maximum atomic E-state index is 12.5. The van der Waals surface area contributed by atoms with Crippen molar-refractivity contribution in [3.8, 4) is 0 Å². The largest absolute Gasteiger partial charge is 0.353 e. The lowest BCUT2D eigenvalue weighted by Crippen LogP contribution is -2.41. The molecule has 0 aliphatic carbocycles. The Kier molecular flexibility index (Phi) is 6.04. The van der Waals surface area contributed by atoms with Gasteiger partial charge in [-0.25, -0.2) is 0 Å². The van der Waals surface area contributed by atoms with Gasteiger partial charge in [-0.15, -0.1) is 0 Å². The average molecular weight is 355 g/mol. The quantitative estimate of drug-likeness (QED) is 0.865. The molecule has 0 aromatic carbocycles. The highest BCUT2D eigenvalue weighted by molar-refractivity contribution is 5.75. The summed E-state index contributed by atoms with van der Waals surface area (Å²) in [6.45, 7) is 9.04. The first-order chi connectivity index (χ1) is 12.6. The first kappa shape index (κ1) is 18.6. The molecule has 1 saturated heterocycles. The summed E-state index contributed by atoms with van der Waals surface area (Å²) in [5.41, 5.74) is 4.35. The Hall–Kier alpha value is -2.21. The molecule has 0 bridgehead atoms. The molecule has 3 rings (SSSR count). The summed E-state index contributed by atoms with van der Waals surface area (Å²) in [6, 6.07) is 4.24. The third-order valence-corrected chi connectivity index (χ3v) is 5.43. The van der Waals surface area contributed by atoms with Gasteiger partial charge in [0, 0.05) is 24.6 Å². The Morgan fingerprint density at radius 1 is 1.23 bits per heavy atom. The minimum Gasteiger partial charge on any atom is -0.353 e. The van der Waals surface area contributed by atoms with E-state index < -0.39 is 0 Å². The van der Waals surface area contributed by atoms with E-state index in [9.17, 15) is 4.79 Å². The number of piperidine rings is 1. The minimum absolute atomic E-state index is 0.00139. The molecule has 1 atom stereocenters. The molecular weight excluding hydrogens is 326 g/mol. The van der Waals surface area contributed by atoms with Gasteiger partial charge in [-0.05, 0) is 63.9 Å². The Balaban J connectivity index is 1.65. The molecule has 0 unspecified atom stereocenters. The number of hydrogen-bond donors (Lipinski definition) is 1. The zero-order valence-electron chi connectivity index (χ0n) is 16.0. The number of amides is 1. The zero-order chi connectivity index (χ0) is 18.5. The van der Waals surface area contributed by atoms with Crippen LogP contribution in [0.2, 0.25) is 0 Å². The second-order valence-electron chi connectivity index (χ2n) is 7.16. The molecule has 140 valence electrons. The zero-order valence-corrected chi connectivity index (χ0v) is 16.0. The summed E-state index contributed by atoms with van der Waals surface area (Å²) in [7, 11) is 0. The van der Waals surface area contributed by atoms with Crippen LogP contribution in [-0.2, 0) is 11.3 Å². The molecule has 0 spiro atoms. The summed E-state index contributed by atoms with van der Waals surface area (Å²) in [6.07, 6.45) is 7.43. The lowest BCUT2D eigenvalue weighted by molar-refractivity contribution is -0.122. The highest BCUT2D eigenvalue weighted by atomic mass is 16.2. The summed E-state index contributed by atoms with van der Waals surface area (Å²) < 4.78 is 1.79. The van der Waals surface area contributed by atoms with E-state index in [1.54, 1.807) is 10.9 Å². The third kappa shape index (κ3) is 4.30. The van der Waals surface area contributed by atoms with E-state index in [2.05, 4.69) is 26.4 Å². The first-order valence-electron chi connectivity index (χ1n) is 9.47. The number of rotatable bonds is 6. The fourth-order valence-corrected chi connectivity index (χ4v) is 3.60. The fraction of sp³-hybridized carbons (Fsp3) is 0.550. The van der Waals surface area contributed by atoms with Crippen LogP contribution in [0.4, 0.5) is 0 Å². The molecule has 3 heterocycles. The van der Waals surface area contributed by atoms with Gasteiger partial charge in [0.2, 0.25) is 5.91 Å². The molecule has 0 radical (unpaired) electrons. The molecule has 2 aromatic heterocycles. The van der Waals surface area contributed by atoms with Crippen LogP contribution in [0.25, 0.3) is 0 Å². The fourth-order valence-electron chi connectivity index (χ4n) is 3.60. The first-order valence-corrected chi connectivity index (χ1v) is 9.47. The van der Waals surface area contributed by atoms with E-state index in [0.29, 0.717) is 6.54 Å². The minimum atomic E-state index is 0.00139. The lowest BCUT2D eigenvalue weighted by atomic mass is 10.0. The van der Waals surface area contributed by atoms with Gasteiger partial charge in [0.05, 0.1) is 11.7 Å². The van der Waals surface area contributed by atoms with Crippen LogP contribution in [0, 0.1) is 20.8 Å². The number of aromatic nitrogens is 3. The van der Waals surface area contributed by atoms with Crippen molar-refractivity contribution in [1.82, 2.24) is 25.0 Å². The van der Waals surface area contributed by atoms with Gasteiger partial charge < -0.3 is 5.32 Å². The second kappa shape index (κ2) is 8.45. The van der Waals surface area contributed by atoms with Crippen LogP contribution >= 0.6 is 0 Å². The molecule has 1 N–H and O–H groups in total. The third-order valence-electron chi connectivity index (χ3n) is 5.43. The summed E-state index contributed by atoms with van der Waals surface area (Å²) >= 11 is 0. The monoisotopic (exact) mass is 355 g/mol. The number of pyridine rings is 1. The van der Waals surface area contributed by atoms with Gasteiger partial charge in [0.15, 0.2) is 0 Å². The van der Waals surface area contributed by atoms with Crippen LogP contribution in [0.1, 0.15) is 47.8 Å². The van der Waals surface area contributed by atoms with E-state index in [1.807, 2.05) is 33.0 Å². The van der Waals surface area contributed by atoms with E-state index in [1.165, 1.54) is 19.3 Å². The topological polar surface area (TPSA) is 63.1 Å². The SMILES string of the molecule is Cc1nn(CC(=O)NC[C@H](c2cccnc2)N2CCCCC2)c(C)c1C. The molecule has 6 heteroatoms. The van der Waals surface area contributed by atoms with Crippen molar-refractivity contribution >= 4 is 5.91 Å². The number of nitrogens with one attached hydrogen (secondary N) is 1. The molecule has 26 heavy (non-hydrogen) atoms. The van der Waals surface area contributed by atoms with Gasteiger partial charge >= 0.3 is 0 Å². The highest BCUT2D eigenvalue weighted by Gasteiger charge is 2.23. The van der Waals surface area contributed by atoms with Gasteiger partial charge in [-0.2, -0.15) is 5.10 Å². The number of hydrogen-bond acceptors (Lipinski definition) is 4. The summed E-state index contributed by atoms with van der Waals surface area (Å²) in [4.78, 5) is 19.2. The van der Waals surface area contributed by atoms with Crippen LogP contribution in [0.3, 0.4) is 0 Å². The Morgan fingerprint density at radius 2 is 2.00 bits per heavy atom. The Labute approximate surface area is 155 Å². The lowest BCUT2D eigenvalue weighted by Gasteiger charge is -2.34. The van der Waals surface area contributed by atoms with E-state index >= 15 is 0 Å². The molecule has 6 nitrogen and oxygen atoms in total. The van der Waals surface area contributed by atoms with Gasteiger partial charge in [-0.1, -0.05) is 12.5 Å². The summed E-state index contributed by atoms with van der Waals surface area (Å²) in [5, 5.41) is 7.57. The normalized spacial score (nSPS) is 16.4. The predicted octanol–water partition coefficient (Wildman–Crippen LogP) is 2.55. The van der Waals surface area contributed by atoms with E-state index in [-0.39, 0.29) is 18.5 Å². The number of carbonyl (C=O) groups excluding carboxylic acids is 1. The smallest absolute Gasteiger partial charge is 0.241 e. The predicted molar refractivity (Wildman–Crippen MR) is 102 cm³/mol. The average Bonchev–Trinajstić information content (AvgIpc) is 2.90. The molecule has 1 aliphatic heterocycles. The van der Waals surface area contributed by atoms with E-state index in [0.717, 1.165) is 35.6 Å². The van der Waals surface area contributed by atoms with Crippen molar-refractivity contribution < 1.29 is 4.79 Å². The molecule has 1 aliphatic rings. The standard InChI is InChI=1S/C20H29N5O/c1-15-16(2)23-25(17(15)3)14-20(26)22-13-19(18-8-7-9-21-12-18)24-10-5-4-6-11-24/h7-9,12,19H,4-6,10-11,13-14H2,1-3H3,(H,22,26)/t19-/m1/s1. The molecular formula is C20H29N5O. The van der Waals surface area contributed by atoms with Crippen LogP contribution in [-0.4, -0.2) is 45.2 Å². The Bertz CT molecular complexity index is 734. The highest BCUT2D eigenvalue weighted by Crippen LogP contribution is 2.23.